The Morgan fingerprint density at radius 2 is 1.17 bits per heavy atom. The maximum Gasteiger partial charge on any atom is 0.193 e. The van der Waals surface area contributed by atoms with E-state index in [0.717, 1.165) is 48.9 Å². The van der Waals surface area contributed by atoms with Gasteiger partial charge in [0.05, 0.1) is 0 Å². The number of fused-ring (bicyclic) bond motifs is 2. The van der Waals surface area contributed by atoms with Gasteiger partial charge in [-0.15, -0.1) is 0 Å². The average molecular weight is 481 g/mol. The van der Waals surface area contributed by atoms with Gasteiger partial charge in [-0.2, -0.15) is 0 Å². The van der Waals surface area contributed by atoms with Gasteiger partial charge < -0.3 is 10.6 Å². The number of carbonyl (C=O) groups excluding carboxylic acids is 1. The summed E-state index contributed by atoms with van der Waals surface area (Å²) >= 11 is 0. The molecule has 2 heterocycles. The van der Waals surface area contributed by atoms with E-state index in [1.54, 1.807) is 0 Å². The average Bonchev–Trinajstić information content (AvgIpc) is 2.92. The van der Waals surface area contributed by atoms with E-state index >= 15 is 0 Å². The summed E-state index contributed by atoms with van der Waals surface area (Å²) in [7, 11) is 0. The molecular weight excluding hydrogens is 440 g/mol. The number of rotatable bonds is 2. The normalized spacial score (nSPS) is 38.2. The van der Waals surface area contributed by atoms with Gasteiger partial charge in [-0.1, -0.05) is 62.1 Å². The minimum atomic E-state index is 0.288. The standard InChI is InChI=1S/C33H40N2O/c36-31(21-7-5-11-25-23(21)19-29-27-9-1-3-13-32(25,27)15-17-34-29)22-8-6-12-26-24(22)20-30-28-10-2-4-14-33(26,28)16-18-35-30/h5-8,11-12,27-30,34-35H,1-4,9-10,13-20H2/t27-,28-,29+,30+,32-,33-/m0/s1. The highest BCUT2D eigenvalue weighted by molar-refractivity contribution is 6.11. The summed E-state index contributed by atoms with van der Waals surface area (Å²) in [4.78, 5) is 14.5. The lowest BCUT2D eigenvalue weighted by Gasteiger charge is -2.56. The molecule has 0 spiro atoms. The lowest BCUT2D eigenvalue weighted by atomic mass is 9.52. The maximum atomic E-state index is 14.5. The Balaban J connectivity index is 1.25. The molecule has 3 nitrogen and oxygen atoms in total. The minimum absolute atomic E-state index is 0.288. The Morgan fingerprint density at radius 3 is 1.67 bits per heavy atom. The number of carbonyl (C=O) groups is 1. The Bertz CT molecular complexity index is 1130. The SMILES string of the molecule is O=C(c1cccc2c1C[C@H]1NCC[C@@]23CCCC[C@@H]13)c1cccc2c1C[C@H]1NCC[C@@]23CCCC[C@@H]13. The Labute approximate surface area is 215 Å². The van der Waals surface area contributed by atoms with Crippen molar-refractivity contribution in [3.8, 4) is 0 Å². The number of hydrogen-bond donors (Lipinski definition) is 2. The van der Waals surface area contributed by atoms with Crippen LogP contribution < -0.4 is 10.6 Å². The number of benzene rings is 2. The molecule has 2 N–H and O–H groups in total. The van der Waals surface area contributed by atoms with E-state index in [2.05, 4.69) is 47.0 Å². The van der Waals surface area contributed by atoms with E-state index < -0.39 is 0 Å². The lowest BCUT2D eigenvalue weighted by molar-refractivity contribution is 0.0783. The van der Waals surface area contributed by atoms with Gasteiger partial charge in [0.1, 0.15) is 0 Å². The van der Waals surface area contributed by atoms with Crippen molar-refractivity contribution in [1.29, 1.82) is 0 Å². The highest BCUT2D eigenvalue weighted by Gasteiger charge is 2.53. The van der Waals surface area contributed by atoms with Crippen molar-refractivity contribution in [2.45, 2.75) is 100.0 Å². The smallest absolute Gasteiger partial charge is 0.193 e. The van der Waals surface area contributed by atoms with Crippen LogP contribution in [0.4, 0.5) is 0 Å². The molecule has 4 aliphatic carbocycles. The topological polar surface area (TPSA) is 41.1 Å². The van der Waals surface area contributed by atoms with E-state index in [0.29, 0.717) is 22.9 Å². The van der Waals surface area contributed by atoms with Gasteiger partial charge in [0.25, 0.3) is 0 Å². The molecule has 3 heteroatoms. The summed E-state index contributed by atoms with van der Waals surface area (Å²) in [5, 5.41) is 7.76. The van der Waals surface area contributed by atoms with Gasteiger partial charge in [0.2, 0.25) is 0 Å². The van der Waals surface area contributed by atoms with Crippen LogP contribution in [0.3, 0.4) is 0 Å². The van der Waals surface area contributed by atoms with Crippen LogP contribution in [0, 0.1) is 11.8 Å². The van der Waals surface area contributed by atoms with Gasteiger partial charge in [-0.3, -0.25) is 4.79 Å². The second-order valence-electron chi connectivity index (χ2n) is 13.0. The molecular formula is C33H40N2O. The second-order valence-corrected chi connectivity index (χ2v) is 13.0. The number of ketones is 1. The van der Waals surface area contributed by atoms with Gasteiger partial charge in [-0.25, -0.2) is 0 Å². The molecule has 0 unspecified atom stereocenters. The first-order valence-corrected chi connectivity index (χ1v) is 15.0. The molecule has 0 amide bonds. The predicted molar refractivity (Wildman–Crippen MR) is 144 cm³/mol. The fourth-order valence-corrected chi connectivity index (χ4v) is 10.5. The van der Waals surface area contributed by atoms with Crippen LogP contribution in [0.15, 0.2) is 36.4 Å². The zero-order chi connectivity index (χ0) is 23.9. The summed E-state index contributed by atoms with van der Waals surface area (Å²) in [6.45, 7) is 2.26. The van der Waals surface area contributed by atoms with Gasteiger partial charge >= 0.3 is 0 Å². The quantitative estimate of drug-likeness (QED) is 0.549. The molecule has 2 saturated heterocycles. The predicted octanol–water partition coefficient (Wildman–Crippen LogP) is 5.61. The first kappa shape index (κ1) is 22.1. The fourth-order valence-electron chi connectivity index (χ4n) is 10.5. The molecule has 0 radical (unpaired) electrons. The van der Waals surface area contributed by atoms with E-state index in [1.165, 1.54) is 86.5 Å². The van der Waals surface area contributed by atoms with Crippen molar-refractivity contribution in [3.05, 3.63) is 69.8 Å². The van der Waals surface area contributed by atoms with Crippen LogP contribution in [-0.4, -0.2) is 31.0 Å². The van der Waals surface area contributed by atoms with E-state index in [-0.39, 0.29) is 5.78 Å². The lowest BCUT2D eigenvalue weighted by Crippen LogP contribution is -2.60. The van der Waals surface area contributed by atoms with Crippen LogP contribution in [0.1, 0.15) is 102 Å². The zero-order valence-electron chi connectivity index (χ0n) is 21.6. The summed E-state index contributed by atoms with van der Waals surface area (Å²) in [6.07, 6.45) is 15.2. The van der Waals surface area contributed by atoms with Crippen LogP contribution in [0.2, 0.25) is 0 Å². The number of hydrogen-bond acceptors (Lipinski definition) is 3. The monoisotopic (exact) mass is 480 g/mol. The molecule has 2 aliphatic heterocycles. The van der Waals surface area contributed by atoms with Crippen molar-refractivity contribution < 1.29 is 4.79 Å². The van der Waals surface area contributed by atoms with Crippen molar-refractivity contribution in [2.24, 2.45) is 11.8 Å². The van der Waals surface area contributed by atoms with Crippen LogP contribution >= 0.6 is 0 Å². The molecule has 8 rings (SSSR count). The third-order valence-electron chi connectivity index (χ3n) is 11.9. The minimum Gasteiger partial charge on any atom is -0.313 e. The molecule has 2 saturated carbocycles. The van der Waals surface area contributed by atoms with Crippen LogP contribution in [-0.2, 0) is 23.7 Å². The molecule has 188 valence electrons. The molecule has 6 aliphatic rings. The molecule has 4 bridgehead atoms. The molecule has 0 aromatic heterocycles. The third kappa shape index (κ3) is 2.85. The Morgan fingerprint density at radius 1 is 0.667 bits per heavy atom. The Kier molecular flexibility index (Phi) is 4.91. The van der Waals surface area contributed by atoms with Gasteiger partial charge in [0, 0.05) is 34.0 Å². The summed E-state index contributed by atoms with van der Waals surface area (Å²) in [5.74, 6) is 1.78. The van der Waals surface area contributed by atoms with Gasteiger partial charge in [0.15, 0.2) is 5.78 Å². The largest absolute Gasteiger partial charge is 0.313 e. The molecule has 2 aromatic carbocycles. The maximum absolute atomic E-state index is 14.5. The van der Waals surface area contributed by atoms with Crippen molar-refractivity contribution >= 4 is 5.78 Å². The molecule has 36 heavy (non-hydrogen) atoms. The first-order valence-electron chi connectivity index (χ1n) is 15.0. The zero-order valence-corrected chi connectivity index (χ0v) is 21.6. The summed E-state index contributed by atoms with van der Waals surface area (Å²) in [5.41, 5.74) is 8.40. The molecule has 2 aromatic rings. The van der Waals surface area contributed by atoms with Crippen molar-refractivity contribution in [2.75, 3.05) is 13.1 Å². The third-order valence-corrected chi connectivity index (χ3v) is 11.9. The van der Waals surface area contributed by atoms with Crippen molar-refractivity contribution in [3.63, 3.8) is 0 Å². The first-order chi connectivity index (χ1) is 17.7. The molecule has 4 fully saturated rings. The summed E-state index contributed by atoms with van der Waals surface area (Å²) in [6, 6.07) is 14.6. The fraction of sp³-hybridized carbons (Fsp3) is 0.606. The van der Waals surface area contributed by atoms with Crippen LogP contribution in [0.5, 0.6) is 0 Å². The Hall–Kier alpha value is -1.97. The second kappa shape index (κ2) is 8.01. The highest BCUT2D eigenvalue weighted by Crippen LogP contribution is 2.56. The van der Waals surface area contributed by atoms with E-state index in [9.17, 15) is 4.79 Å². The van der Waals surface area contributed by atoms with E-state index in [4.69, 9.17) is 0 Å². The highest BCUT2D eigenvalue weighted by atomic mass is 16.1. The van der Waals surface area contributed by atoms with Crippen molar-refractivity contribution in [1.82, 2.24) is 10.6 Å². The summed E-state index contributed by atoms with van der Waals surface area (Å²) < 4.78 is 0. The molecule has 6 atom stereocenters. The number of nitrogens with one attached hydrogen (secondary N) is 2. The van der Waals surface area contributed by atoms with Gasteiger partial charge in [-0.05, 0) is 98.5 Å². The van der Waals surface area contributed by atoms with Crippen LogP contribution in [0.25, 0.3) is 0 Å². The van der Waals surface area contributed by atoms with E-state index in [1.807, 2.05) is 0 Å². The number of piperidine rings is 2.